The molecule has 0 saturated carbocycles. The molecule has 2 aromatic rings. The summed E-state index contributed by atoms with van der Waals surface area (Å²) < 4.78 is 4.39. The molecule has 8 heteroatoms. The van der Waals surface area contributed by atoms with Crippen molar-refractivity contribution in [2.45, 2.75) is 32.4 Å². The van der Waals surface area contributed by atoms with E-state index in [9.17, 15) is 9.59 Å². The van der Waals surface area contributed by atoms with Gasteiger partial charge in [-0.15, -0.1) is 0 Å². The molecule has 1 saturated heterocycles. The quantitative estimate of drug-likeness (QED) is 0.795. The van der Waals surface area contributed by atoms with Crippen molar-refractivity contribution in [2.75, 3.05) is 18.0 Å². The van der Waals surface area contributed by atoms with Gasteiger partial charge in [0.05, 0.1) is 0 Å². The molecule has 3 rings (SSSR count). The molecule has 3 heterocycles. The fourth-order valence-electron chi connectivity index (χ4n) is 3.29. The lowest BCUT2D eigenvalue weighted by Gasteiger charge is -2.31. The highest BCUT2D eigenvalue weighted by Crippen LogP contribution is 2.23. The van der Waals surface area contributed by atoms with Crippen molar-refractivity contribution in [3.63, 3.8) is 0 Å². The second kappa shape index (κ2) is 5.94. The van der Waals surface area contributed by atoms with Crippen LogP contribution in [0, 0.1) is 0 Å². The van der Waals surface area contributed by atoms with E-state index in [0.29, 0.717) is 30.2 Å². The van der Waals surface area contributed by atoms with Gasteiger partial charge in [0.15, 0.2) is 11.2 Å². The summed E-state index contributed by atoms with van der Waals surface area (Å²) in [6, 6.07) is 0.0866. The number of hydrogen-bond acceptors (Lipinski definition) is 5. The number of aromatic nitrogens is 4. The molecule has 2 N–H and O–H groups in total. The number of imidazole rings is 1. The third kappa shape index (κ3) is 2.56. The number of hydrogen-bond donors (Lipinski definition) is 1. The molecule has 0 aliphatic carbocycles. The predicted molar refractivity (Wildman–Crippen MR) is 94.5 cm³/mol. The Morgan fingerprint density at radius 1 is 1.33 bits per heavy atom. The first-order valence-corrected chi connectivity index (χ1v) is 8.12. The molecular weight excluding hydrogens is 308 g/mol. The highest BCUT2D eigenvalue weighted by Gasteiger charge is 2.25. The van der Waals surface area contributed by atoms with Crippen molar-refractivity contribution in [1.82, 2.24) is 18.7 Å². The van der Waals surface area contributed by atoms with E-state index in [1.54, 1.807) is 7.05 Å². The van der Waals surface area contributed by atoms with Crippen LogP contribution in [-0.4, -0.2) is 37.8 Å². The number of allylic oxidation sites excluding steroid dienone is 1. The lowest BCUT2D eigenvalue weighted by Crippen LogP contribution is -2.44. The van der Waals surface area contributed by atoms with Crippen LogP contribution in [0.15, 0.2) is 21.7 Å². The molecule has 1 aliphatic heterocycles. The predicted octanol–water partition coefficient (Wildman–Crippen LogP) is -0.0627. The minimum Gasteiger partial charge on any atom is -0.341 e. The van der Waals surface area contributed by atoms with Crippen molar-refractivity contribution in [2.24, 2.45) is 19.8 Å². The summed E-state index contributed by atoms with van der Waals surface area (Å²) in [7, 11) is 3.12. The van der Waals surface area contributed by atoms with Crippen molar-refractivity contribution >= 4 is 17.1 Å². The Morgan fingerprint density at radius 3 is 2.67 bits per heavy atom. The Bertz CT molecular complexity index is 919. The van der Waals surface area contributed by atoms with Crippen molar-refractivity contribution < 1.29 is 0 Å². The molecule has 8 nitrogen and oxygen atoms in total. The third-order valence-corrected chi connectivity index (χ3v) is 4.50. The standard InChI is InChI=1S/C16H24N6O2/c1-10(2)8-22-12-13(19(3)16(24)20(4)14(12)23)18-15(22)21-7-5-6-11(17)9-21/h11H,1,5-9,17H2,2-4H3. The van der Waals surface area contributed by atoms with Crippen LogP contribution in [0.25, 0.3) is 11.2 Å². The van der Waals surface area contributed by atoms with Crippen LogP contribution in [0.3, 0.4) is 0 Å². The zero-order chi connectivity index (χ0) is 17.6. The second-order valence-electron chi connectivity index (χ2n) is 6.68. The van der Waals surface area contributed by atoms with Crippen LogP contribution in [0.1, 0.15) is 19.8 Å². The summed E-state index contributed by atoms with van der Waals surface area (Å²) >= 11 is 0. The maximum Gasteiger partial charge on any atom is 0.332 e. The molecule has 0 spiro atoms. The number of anilines is 1. The number of rotatable bonds is 3. The van der Waals surface area contributed by atoms with E-state index in [1.807, 2.05) is 11.5 Å². The Labute approximate surface area is 139 Å². The summed E-state index contributed by atoms with van der Waals surface area (Å²) in [6.45, 7) is 7.87. The third-order valence-electron chi connectivity index (χ3n) is 4.50. The Hall–Kier alpha value is -2.35. The molecule has 0 bridgehead atoms. The first-order chi connectivity index (χ1) is 11.3. The highest BCUT2D eigenvalue weighted by atomic mass is 16.2. The Kier molecular flexibility index (Phi) is 4.08. The normalized spacial score (nSPS) is 18.3. The number of aryl methyl sites for hydroxylation is 1. The van der Waals surface area contributed by atoms with Crippen molar-refractivity contribution in [1.29, 1.82) is 0 Å². The molecule has 1 aliphatic rings. The summed E-state index contributed by atoms with van der Waals surface area (Å²) in [6.07, 6.45) is 1.96. The molecule has 0 radical (unpaired) electrons. The average molecular weight is 332 g/mol. The van der Waals surface area contributed by atoms with Gasteiger partial charge >= 0.3 is 5.69 Å². The van der Waals surface area contributed by atoms with E-state index in [4.69, 9.17) is 5.73 Å². The fraction of sp³-hybridized carbons (Fsp3) is 0.562. The average Bonchev–Trinajstić information content (AvgIpc) is 2.89. The molecule has 0 amide bonds. The monoisotopic (exact) mass is 332 g/mol. The van der Waals surface area contributed by atoms with Crippen LogP contribution >= 0.6 is 0 Å². The summed E-state index contributed by atoms with van der Waals surface area (Å²) in [4.78, 5) is 31.6. The van der Waals surface area contributed by atoms with E-state index in [0.717, 1.165) is 29.5 Å². The molecule has 24 heavy (non-hydrogen) atoms. The maximum absolute atomic E-state index is 12.7. The number of nitrogens with two attached hydrogens (primary N) is 1. The topological polar surface area (TPSA) is 91.1 Å². The minimum absolute atomic E-state index is 0.0866. The number of piperidine rings is 1. The summed E-state index contributed by atoms with van der Waals surface area (Å²) in [5.74, 6) is 0.682. The largest absolute Gasteiger partial charge is 0.341 e. The molecule has 130 valence electrons. The Morgan fingerprint density at radius 2 is 2.04 bits per heavy atom. The number of nitrogens with zero attached hydrogens (tertiary/aromatic N) is 5. The van der Waals surface area contributed by atoms with Crippen molar-refractivity contribution in [3.8, 4) is 0 Å². The van der Waals surface area contributed by atoms with E-state index in [1.165, 1.54) is 11.6 Å². The van der Waals surface area contributed by atoms with E-state index >= 15 is 0 Å². The van der Waals surface area contributed by atoms with Gasteiger partial charge < -0.3 is 15.2 Å². The van der Waals surface area contributed by atoms with Crippen LogP contribution < -0.4 is 21.9 Å². The summed E-state index contributed by atoms with van der Waals surface area (Å²) in [5.41, 5.74) is 7.12. The van der Waals surface area contributed by atoms with Crippen molar-refractivity contribution in [3.05, 3.63) is 33.0 Å². The smallest absolute Gasteiger partial charge is 0.332 e. The minimum atomic E-state index is -0.380. The lowest BCUT2D eigenvalue weighted by atomic mass is 10.1. The molecule has 1 unspecified atom stereocenters. The first-order valence-electron chi connectivity index (χ1n) is 8.12. The van der Waals surface area contributed by atoms with Crippen LogP contribution in [0.5, 0.6) is 0 Å². The fourth-order valence-corrected chi connectivity index (χ4v) is 3.29. The molecule has 0 aromatic carbocycles. The van der Waals surface area contributed by atoms with E-state index in [-0.39, 0.29) is 17.3 Å². The first kappa shape index (κ1) is 16.5. The van der Waals surface area contributed by atoms with Gasteiger partial charge in [0.25, 0.3) is 5.56 Å². The van der Waals surface area contributed by atoms with Crippen LogP contribution in [0.4, 0.5) is 5.95 Å². The van der Waals surface area contributed by atoms with Crippen LogP contribution in [0.2, 0.25) is 0 Å². The van der Waals surface area contributed by atoms with Crippen LogP contribution in [-0.2, 0) is 20.6 Å². The van der Waals surface area contributed by atoms with Gasteiger partial charge in [0.2, 0.25) is 5.95 Å². The molecular formula is C16H24N6O2. The molecule has 1 fully saturated rings. The van der Waals surface area contributed by atoms with Gasteiger partial charge in [-0.25, -0.2) is 4.79 Å². The highest BCUT2D eigenvalue weighted by molar-refractivity contribution is 5.74. The van der Waals surface area contributed by atoms with Gasteiger partial charge in [-0.2, -0.15) is 4.98 Å². The zero-order valence-electron chi connectivity index (χ0n) is 14.4. The maximum atomic E-state index is 12.7. The van der Waals surface area contributed by atoms with Gasteiger partial charge in [0.1, 0.15) is 0 Å². The SMILES string of the molecule is C=C(C)Cn1c(N2CCCC(N)C2)nc2c1c(=O)n(C)c(=O)n2C. The lowest BCUT2D eigenvalue weighted by molar-refractivity contribution is 0.495. The second-order valence-corrected chi connectivity index (χ2v) is 6.68. The van der Waals surface area contributed by atoms with Gasteiger partial charge in [-0.3, -0.25) is 13.9 Å². The van der Waals surface area contributed by atoms with Gasteiger partial charge in [-0.1, -0.05) is 12.2 Å². The van der Waals surface area contributed by atoms with Gasteiger partial charge in [0, 0.05) is 39.8 Å². The summed E-state index contributed by atoms with van der Waals surface area (Å²) in [5, 5.41) is 0. The molecule has 1 atom stereocenters. The number of fused-ring (bicyclic) bond motifs is 1. The van der Waals surface area contributed by atoms with Gasteiger partial charge in [-0.05, 0) is 19.8 Å². The Balaban J connectivity index is 2.31. The zero-order valence-corrected chi connectivity index (χ0v) is 14.4. The van der Waals surface area contributed by atoms with E-state index in [2.05, 4.69) is 16.5 Å². The molecule has 2 aromatic heterocycles. The van der Waals surface area contributed by atoms with E-state index < -0.39 is 0 Å².